The molecule has 0 aliphatic rings. The van der Waals surface area contributed by atoms with Gasteiger partial charge in [-0.1, -0.05) is 30.9 Å². The fourth-order valence-corrected chi connectivity index (χ4v) is 2.33. The predicted molar refractivity (Wildman–Crippen MR) is 98.1 cm³/mol. The van der Waals surface area contributed by atoms with Gasteiger partial charge in [0.05, 0.1) is 5.56 Å². The van der Waals surface area contributed by atoms with E-state index in [0.29, 0.717) is 12.1 Å². The van der Waals surface area contributed by atoms with Crippen LogP contribution in [0.3, 0.4) is 0 Å². The minimum absolute atomic E-state index is 0.0323. The number of ether oxygens (including phenoxy) is 1. The minimum atomic E-state index is -4.63. The Labute approximate surface area is 168 Å². The lowest BCUT2D eigenvalue weighted by Crippen LogP contribution is -2.25. The topological polar surface area (TPSA) is 38.3 Å². The summed E-state index contributed by atoms with van der Waals surface area (Å²) in [6, 6.07) is 5.30. The Morgan fingerprint density at radius 3 is 2.33 bits per heavy atom. The van der Waals surface area contributed by atoms with Crippen LogP contribution in [0, 0.1) is 17.5 Å². The van der Waals surface area contributed by atoms with Gasteiger partial charge in [-0.2, -0.15) is 13.2 Å². The molecule has 0 atom stereocenters. The first-order valence-corrected chi connectivity index (χ1v) is 8.39. The normalized spacial score (nSPS) is 12.1. The molecule has 0 spiro atoms. The molecule has 2 aromatic rings. The van der Waals surface area contributed by atoms with Gasteiger partial charge >= 0.3 is 6.18 Å². The number of benzene rings is 2. The molecule has 0 aliphatic heterocycles. The van der Waals surface area contributed by atoms with E-state index in [-0.39, 0.29) is 12.3 Å². The van der Waals surface area contributed by atoms with E-state index in [0.717, 1.165) is 12.1 Å². The first-order valence-electron chi connectivity index (χ1n) is 8.39. The number of hydrogen-bond acceptors (Lipinski definition) is 2. The smallest absolute Gasteiger partial charge is 0.419 e. The Morgan fingerprint density at radius 2 is 1.73 bits per heavy atom. The fraction of sp³-hybridized carbons (Fsp3) is 0.0952. The van der Waals surface area contributed by atoms with Crippen molar-refractivity contribution >= 4 is 5.91 Å². The van der Waals surface area contributed by atoms with Crippen LogP contribution in [0.1, 0.15) is 15.9 Å². The van der Waals surface area contributed by atoms with Gasteiger partial charge in [-0.15, -0.1) is 0 Å². The molecular weight excluding hydrogens is 412 g/mol. The molecule has 0 aliphatic carbocycles. The van der Waals surface area contributed by atoms with Crippen LogP contribution in [0.15, 0.2) is 73.0 Å². The minimum Gasteiger partial charge on any atom is -0.457 e. The number of carbonyl (C=O) groups is 1. The van der Waals surface area contributed by atoms with Gasteiger partial charge < -0.3 is 10.1 Å². The van der Waals surface area contributed by atoms with Crippen molar-refractivity contribution in [1.29, 1.82) is 0 Å². The van der Waals surface area contributed by atoms with Gasteiger partial charge in [-0.25, -0.2) is 13.2 Å². The van der Waals surface area contributed by atoms with Gasteiger partial charge in [0, 0.05) is 18.7 Å². The number of halogens is 6. The summed E-state index contributed by atoms with van der Waals surface area (Å²) in [4.78, 5) is 11.9. The third kappa shape index (κ3) is 6.00. The molecule has 0 aromatic heterocycles. The van der Waals surface area contributed by atoms with E-state index in [9.17, 15) is 31.1 Å². The molecule has 158 valence electrons. The van der Waals surface area contributed by atoms with E-state index in [1.165, 1.54) is 36.4 Å². The Kier molecular flexibility index (Phi) is 7.46. The molecule has 1 N–H and O–H groups in total. The van der Waals surface area contributed by atoms with Crippen molar-refractivity contribution in [2.75, 3.05) is 6.54 Å². The highest BCUT2D eigenvalue weighted by molar-refractivity contribution is 5.94. The molecule has 30 heavy (non-hydrogen) atoms. The second-order valence-electron chi connectivity index (χ2n) is 5.76. The summed E-state index contributed by atoms with van der Waals surface area (Å²) in [5, 5.41) is 2.18. The number of para-hydroxylation sites is 1. The van der Waals surface area contributed by atoms with Crippen molar-refractivity contribution in [3.8, 4) is 5.75 Å². The number of alkyl halides is 3. The standard InChI is InChI=1S/C21H15F6NO2/c1-2-6-14(30-18-9-4-3-8-15(18)21(25,26)27)7-5-10-28-20(29)19-16(23)11-13(22)12-17(19)24/h2-9,11-12H,1,10H2,(H,28,29)/b7-5-,14-6+. The highest BCUT2D eigenvalue weighted by Crippen LogP contribution is 2.36. The van der Waals surface area contributed by atoms with Gasteiger partial charge in [0.1, 0.15) is 34.5 Å². The van der Waals surface area contributed by atoms with Crippen LogP contribution >= 0.6 is 0 Å². The van der Waals surface area contributed by atoms with Crippen LogP contribution in [0.2, 0.25) is 0 Å². The van der Waals surface area contributed by atoms with Crippen LogP contribution in [0.4, 0.5) is 26.3 Å². The summed E-state index contributed by atoms with van der Waals surface area (Å²) in [5.41, 5.74) is -1.94. The van der Waals surface area contributed by atoms with Crippen molar-refractivity contribution in [3.05, 3.63) is 102 Å². The van der Waals surface area contributed by atoms with Gasteiger partial charge in [0.2, 0.25) is 0 Å². The molecule has 0 radical (unpaired) electrons. The van der Waals surface area contributed by atoms with Crippen molar-refractivity contribution in [3.63, 3.8) is 0 Å². The van der Waals surface area contributed by atoms with Crippen molar-refractivity contribution in [1.82, 2.24) is 5.32 Å². The zero-order chi connectivity index (χ0) is 22.3. The molecule has 3 nitrogen and oxygen atoms in total. The average Bonchev–Trinajstić information content (AvgIpc) is 2.64. The lowest BCUT2D eigenvalue weighted by Gasteiger charge is -2.13. The average molecular weight is 427 g/mol. The monoisotopic (exact) mass is 427 g/mol. The Hall–Kier alpha value is -3.49. The summed E-state index contributed by atoms with van der Waals surface area (Å²) in [6.07, 6.45) is 0.453. The number of hydrogen-bond donors (Lipinski definition) is 1. The molecule has 0 heterocycles. The van der Waals surface area contributed by atoms with E-state index in [1.54, 1.807) is 0 Å². The highest BCUT2D eigenvalue weighted by Gasteiger charge is 2.34. The third-order valence-corrected chi connectivity index (χ3v) is 3.60. The largest absolute Gasteiger partial charge is 0.457 e. The van der Waals surface area contributed by atoms with Crippen LogP contribution in [0.25, 0.3) is 0 Å². The van der Waals surface area contributed by atoms with Crippen LogP contribution in [-0.4, -0.2) is 12.5 Å². The molecule has 2 aromatic carbocycles. The predicted octanol–water partition coefficient (Wildman–Crippen LogP) is 5.56. The maximum Gasteiger partial charge on any atom is 0.419 e. The summed E-state index contributed by atoms with van der Waals surface area (Å²) < 4.78 is 84.5. The number of carbonyl (C=O) groups excluding carboxylic acids is 1. The van der Waals surface area contributed by atoms with Crippen LogP contribution in [0.5, 0.6) is 5.75 Å². The zero-order valence-corrected chi connectivity index (χ0v) is 15.3. The molecule has 0 bridgehead atoms. The molecule has 2 rings (SSSR count). The summed E-state index contributed by atoms with van der Waals surface area (Å²) in [5.74, 6) is -5.51. The van der Waals surface area contributed by atoms with E-state index in [4.69, 9.17) is 4.74 Å². The fourth-order valence-electron chi connectivity index (χ4n) is 2.33. The van der Waals surface area contributed by atoms with Gasteiger partial charge in [0.25, 0.3) is 5.91 Å². The molecule has 0 saturated carbocycles. The number of nitrogens with one attached hydrogen (secondary N) is 1. The number of allylic oxidation sites excluding steroid dienone is 3. The van der Waals surface area contributed by atoms with E-state index >= 15 is 0 Å². The second-order valence-corrected chi connectivity index (χ2v) is 5.76. The summed E-state index contributed by atoms with van der Waals surface area (Å²) in [7, 11) is 0. The van der Waals surface area contributed by atoms with Crippen molar-refractivity contribution in [2.24, 2.45) is 0 Å². The summed E-state index contributed by atoms with van der Waals surface area (Å²) >= 11 is 0. The van der Waals surface area contributed by atoms with Crippen LogP contribution < -0.4 is 10.1 Å². The lowest BCUT2D eigenvalue weighted by molar-refractivity contribution is -0.138. The highest BCUT2D eigenvalue weighted by atomic mass is 19.4. The molecule has 1 amide bonds. The first kappa shape index (κ1) is 22.8. The van der Waals surface area contributed by atoms with E-state index < -0.39 is 46.4 Å². The Morgan fingerprint density at radius 1 is 1.10 bits per heavy atom. The van der Waals surface area contributed by atoms with E-state index in [1.807, 2.05) is 0 Å². The Bertz CT molecular complexity index is 972. The summed E-state index contributed by atoms with van der Waals surface area (Å²) in [6.45, 7) is 3.20. The maximum absolute atomic E-state index is 13.6. The SMILES string of the molecule is C=C/C=C(\C=C/CNC(=O)c1c(F)cc(F)cc1F)Oc1ccccc1C(F)(F)F. The van der Waals surface area contributed by atoms with E-state index in [2.05, 4.69) is 11.9 Å². The van der Waals surface area contributed by atoms with Gasteiger partial charge in [-0.3, -0.25) is 4.79 Å². The number of rotatable bonds is 7. The molecular formula is C21H15F6NO2. The Balaban J connectivity index is 2.08. The van der Waals surface area contributed by atoms with Crippen molar-refractivity contribution in [2.45, 2.75) is 6.18 Å². The quantitative estimate of drug-likeness (QED) is 0.357. The van der Waals surface area contributed by atoms with Gasteiger partial charge in [0.15, 0.2) is 0 Å². The lowest BCUT2D eigenvalue weighted by atomic mass is 10.2. The second kappa shape index (κ2) is 9.82. The molecule has 0 fully saturated rings. The zero-order valence-electron chi connectivity index (χ0n) is 15.3. The number of amides is 1. The third-order valence-electron chi connectivity index (χ3n) is 3.60. The maximum atomic E-state index is 13.6. The molecule has 0 unspecified atom stereocenters. The van der Waals surface area contributed by atoms with Crippen LogP contribution in [-0.2, 0) is 6.18 Å². The molecule has 9 heteroatoms. The van der Waals surface area contributed by atoms with Crippen molar-refractivity contribution < 1.29 is 35.9 Å². The molecule has 0 saturated heterocycles. The van der Waals surface area contributed by atoms with Gasteiger partial charge in [-0.05, 0) is 24.3 Å². The first-order chi connectivity index (χ1) is 14.1.